The highest BCUT2D eigenvalue weighted by Gasteiger charge is 2.47. The van der Waals surface area contributed by atoms with Crippen LogP contribution in [0.15, 0.2) is 22.6 Å². The van der Waals surface area contributed by atoms with Crippen molar-refractivity contribution in [2.45, 2.75) is 19.3 Å². The van der Waals surface area contributed by atoms with E-state index in [1.165, 1.54) is 0 Å². The molecule has 0 radical (unpaired) electrons. The van der Waals surface area contributed by atoms with Gasteiger partial charge in [-0.3, -0.25) is 4.79 Å². The molecule has 0 spiro atoms. The highest BCUT2D eigenvalue weighted by molar-refractivity contribution is 5.76. The van der Waals surface area contributed by atoms with Gasteiger partial charge in [-0.15, -0.1) is 0 Å². The van der Waals surface area contributed by atoms with E-state index in [-0.39, 0.29) is 11.8 Å². The van der Waals surface area contributed by atoms with Crippen LogP contribution in [-0.2, 0) is 4.79 Å². The van der Waals surface area contributed by atoms with Gasteiger partial charge in [0.15, 0.2) is 11.5 Å². The number of carboxylic acid groups (broad SMARTS) is 1. The Morgan fingerprint density at radius 3 is 3.06 bits per heavy atom. The number of aryl methyl sites for hydroxylation is 1. The first-order valence-electron chi connectivity index (χ1n) is 5.25. The van der Waals surface area contributed by atoms with Crippen LogP contribution >= 0.6 is 0 Å². The maximum atomic E-state index is 10.7. The van der Waals surface area contributed by atoms with E-state index in [1.54, 1.807) is 0 Å². The zero-order valence-corrected chi connectivity index (χ0v) is 8.80. The smallest absolute Gasteiger partial charge is 0.307 e. The van der Waals surface area contributed by atoms with Gasteiger partial charge >= 0.3 is 5.97 Å². The molecule has 16 heavy (non-hydrogen) atoms. The first-order chi connectivity index (χ1) is 7.65. The number of aliphatic carboxylic acids is 1. The van der Waals surface area contributed by atoms with Crippen LogP contribution in [0.25, 0.3) is 11.1 Å². The highest BCUT2D eigenvalue weighted by Crippen LogP contribution is 2.47. The maximum absolute atomic E-state index is 10.7. The van der Waals surface area contributed by atoms with E-state index >= 15 is 0 Å². The molecule has 82 valence electrons. The fraction of sp³-hybridized carbons (Fsp3) is 0.333. The molecule has 1 aromatic carbocycles. The Morgan fingerprint density at radius 2 is 2.38 bits per heavy atom. The number of fused-ring (bicyclic) bond motifs is 1. The third kappa shape index (κ3) is 1.38. The molecule has 0 aliphatic heterocycles. The Labute approximate surface area is 91.9 Å². The minimum absolute atomic E-state index is 0.0368. The minimum Gasteiger partial charge on any atom is -0.481 e. The summed E-state index contributed by atoms with van der Waals surface area (Å²) in [4.78, 5) is 15.1. The molecule has 0 saturated heterocycles. The van der Waals surface area contributed by atoms with Crippen molar-refractivity contribution in [3.63, 3.8) is 0 Å². The van der Waals surface area contributed by atoms with Crippen LogP contribution in [0, 0.1) is 12.8 Å². The van der Waals surface area contributed by atoms with E-state index in [1.807, 2.05) is 25.1 Å². The Bertz CT molecular complexity index is 573. The van der Waals surface area contributed by atoms with Crippen LogP contribution in [0.5, 0.6) is 0 Å². The molecule has 4 heteroatoms. The van der Waals surface area contributed by atoms with Gasteiger partial charge in [-0.2, -0.15) is 0 Å². The molecule has 1 N–H and O–H groups in total. The van der Waals surface area contributed by atoms with Gasteiger partial charge in [-0.1, -0.05) is 6.07 Å². The number of aromatic nitrogens is 1. The summed E-state index contributed by atoms with van der Waals surface area (Å²) in [7, 11) is 0. The van der Waals surface area contributed by atoms with Crippen LogP contribution in [0.1, 0.15) is 23.8 Å². The number of hydrogen-bond acceptors (Lipinski definition) is 3. The summed E-state index contributed by atoms with van der Waals surface area (Å²) >= 11 is 0. The average molecular weight is 217 g/mol. The molecule has 1 fully saturated rings. The quantitative estimate of drug-likeness (QED) is 0.838. The second-order valence-corrected chi connectivity index (χ2v) is 4.31. The van der Waals surface area contributed by atoms with E-state index in [9.17, 15) is 4.79 Å². The number of rotatable bonds is 2. The topological polar surface area (TPSA) is 63.3 Å². The fourth-order valence-corrected chi connectivity index (χ4v) is 1.95. The molecule has 1 heterocycles. The number of benzene rings is 1. The van der Waals surface area contributed by atoms with E-state index in [2.05, 4.69) is 4.98 Å². The number of nitrogens with zero attached hydrogens (tertiary/aromatic N) is 1. The summed E-state index contributed by atoms with van der Waals surface area (Å²) in [5.41, 5.74) is 2.67. The first-order valence-corrected chi connectivity index (χ1v) is 5.25. The number of carboxylic acids is 1. The molecule has 1 saturated carbocycles. The summed E-state index contributed by atoms with van der Waals surface area (Å²) in [5.74, 6) is -0.546. The second kappa shape index (κ2) is 3.07. The SMILES string of the molecule is Cc1ccc2oc(C3CC3C(=O)O)nc2c1. The van der Waals surface area contributed by atoms with E-state index in [0.717, 1.165) is 16.7 Å². The number of hydrogen-bond donors (Lipinski definition) is 1. The van der Waals surface area contributed by atoms with Crippen LogP contribution < -0.4 is 0 Å². The lowest BCUT2D eigenvalue weighted by molar-refractivity contribution is -0.138. The summed E-state index contributed by atoms with van der Waals surface area (Å²) in [6.45, 7) is 1.99. The number of oxazole rings is 1. The van der Waals surface area contributed by atoms with Gasteiger partial charge in [0.2, 0.25) is 0 Å². The summed E-state index contributed by atoms with van der Waals surface area (Å²) in [6.07, 6.45) is 0.640. The van der Waals surface area contributed by atoms with E-state index < -0.39 is 5.97 Å². The molecule has 0 amide bonds. The lowest BCUT2D eigenvalue weighted by atomic mass is 10.2. The molecule has 1 aliphatic rings. The molecule has 2 aromatic rings. The monoisotopic (exact) mass is 217 g/mol. The lowest BCUT2D eigenvalue weighted by Gasteiger charge is -1.88. The van der Waals surface area contributed by atoms with Gasteiger partial charge in [0.05, 0.1) is 5.92 Å². The maximum Gasteiger partial charge on any atom is 0.307 e. The van der Waals surface area contributed by atoms with E-state index in [0.29, 0.717) is 12.3 Å². The molecule has 4 nitrogen and oxygen atoms in total. The molecule has 3 rings (SSSR count). The van der Waals surface area contributed by atoms with Crippen molar-refractivity contribution in [3.05, 3.63) is 29.7 Å². The Hall–Kier alpha value is -1.84. The molecule has 1 aromatic heterocycles. The molecule has 2 unspecified atom stereocenters. The first kappa shape index (κ1) is 9.39. The standard InChI is InChI=1S/C12H11NO3/c1-6-2-3-10-9(4-6)13-11(16-10)7-5-8(7)12(14)15/h2-4,7-8H,5H2,1H3,(H,14,15). The predicted molar refractivity (Wildman–Crippen MR) is 57.2 cm³/mol. The van der Waals surface area contributed by atoms with Gasteiger partial charge in [0.25, 0.3) is 0 Å². The largest absolute Gasteiger partial charge is 0.481 e. The Morgan fingerprint density at radius 1 is 1.56 bits per heavy atom. The van der Waals surface area contributed by atoms with Gasteiger partial charge in [-0.25, -0.2) is 4.98 Å². The molecule has 2 atom stereocenters. The van der Waals surface area contributed by atoms with Gasteiger partial charge in [-0.05, 0) is 31.0 Å². The van der Waals surface area contributed by atoms with Crippen molar-refractivity contribution in [3.8, 4) is 0 Å². The van der Waals surface area contributed by atoms with Gasteiger partial charge < -0.3 is 9.52 Å². The van der Waals surface area contributed by atoms with E-state index in [4.69, 9.17) is 9.52 Å². The summed E-state index contributed by atoms with van der Waals surface area (Å²) in [5, 5.41) is 8.83. The summed E-state index contributed by atoms with van der Waals surface area (Å²) < 4.78 is 5.55. The van der Waals surface area contributed by atoms with Crippen molar-refractivity contribution in [2.75, 3.05) is 0 Å². The Balaban J connectivity index is 1.98. The van der Waals surface area contributed by atoms with Crippen molar-refractivity contribution in [1.82, 2.24) is 4.98 Å². The normalized spacial score (nSPS) is 23.6. The second-order valence-electron chi connectivity index (χ2n) is 4.31. The van der Waals surface area contributed by atoms with Crippen molar-refractivity contribution < 1.29 is 14.3 Å². The number of carbonyl (C=O) groups is 1. The minimum atomic E-state index is -0.761. The van der Waals surface area contributed by atoms with Crippen LogP contribution in [0.3, 0.4) is 0 Å². The fourth-order valence-electron chi connectivity index (χ4n) is 1.95. The van der Waals surface area contributed by atoms with Crippen LogP contribution in [0.2, 0.25) is 0 Å². The molecular weight excluding hydrogens is 206 g/mol. The van der Waals surface area contributed by atoms with Crippen molar-refractivity contribution >= 4 is 17.1 Å². The van der Waals surface area contributed by atoms with Crippen LogP contribution in [-0.4, -0.2) is 16.1 Å². The van der Waals surface area contributed by atoms with Gasteiger partial charge in [0.1, 0.15) is 5.52 Å². The lowest BCUT2D eigenvalue weighted by Crippen LogP contribution is -1.98. The molecule has 0 bridgehead atoms. The highest BCUT2D eigenvalue weighted by atomic mass is 16.4. The van der Waals surface area contributed by atoms with Crippen molar-refractivity contribution in [2.24, 2.45) is 5.92 Å². The zero-order valence-electron chi connectivity index (χ0n) is 8.80. The molecule has 1 aliphatic carbocycles. The van der Waals surface area contributed by atoms with Crippen molar-refractivity contribution in [1.29, 1.82) is 0 Å². The predicted octanol–water partition coefficient (Wildman–Crippen LogP) is 2.32. The van der Waals surface area contributed by atoms with Crippen LogP contribution in [0.4, 0.5) is 0 Å². The van der Waals surface area contributed by atoms with Gasteiger partial charge in [0, 0.05) is 5.92 Å². The Kier molecular flexibility index (Phi) is 1.80. The summed E-state index contributed by atoms with van der Waals surface area (Å²) in [6, 6.07) is 5.78. The third-order valence-corrected chi connectivity index (χ3v) is 2.98. The average Bonchev–Trinajstić information content (AvgIpc) is 2.93. The third-order valence-electron chi connectivity index (χ3n) is 2.98. The molecular formula is C12H11NO3. The zero-order chi connectivity index (χ0) is 11.3.